The molecule has 1 atom stereocenters. The fourth-order valence-corrected chi connectivity index (χ4v) is 5.48. The van der Waals surface area contributed by atoms with Crippen molar-refractivity contribution in [1.82, 2.24) is 10.3 Å². The standard InChI is InChI=1S/C28H28Cl2N4O3/c29-22-4-1-5-23(30)25(22)27(35)33-24(28(36)37)14-17-6-10-21(11-7-17)34-15-18(16-34)13-20-9-8-19-3-2-12-31-26(19)32-20/h1,4-11,18,24H,2-3,12-16H2,(H,31,32)(H,33,35)(H,36,37)/t24-/m1/s1. The van der Waals surface area contributed by atoms with E-state index in [2.05, 4.69) is 27.7 Å². The number of anilines is 2. The number of aromatic nitrogens is 1. The van der Waals surface area contributed by atoms with Gasteiger partial charge in [-0.2, -0.15) is 0 Å². The number of rotatable bonds is 8. The lowest BCUT2D eigenvalue weighted by Gasteiger charge is -2.41. The monoisotopic (exact) mass is 538 g/mol. The molecule has 1 amide bonds. The summed E-state index contributed by atoms with van der Waals surface area (Å²) < 4.78 is 0. The molecule has 9 heteroatoms. The summed E-state index contributed by atoms with van der Waals surface area (Å²) >= 11 is 12.2. The van der Waals surface area contributed by atoms with Crippen LogP contribution in [0.1, 0.15) is 33.6 Å². The van der Waals surface area contributed by atoms with E-state index in [1.807, 2.05) is 24.3 Å². The minimum atomic E-state index is -1.13. The fourth-order valence-electron chi connectivity index (χ4n) is 4.91. The quantitative estimate of drug-likeness (QED) is 0.379. The lowest BCUT2D eigenvalue weighted by molar-refractivity contribution is -0.139. The Labute approximate surface area is 225 Å². The van der Waals surface area contributed by atoms with Gasteiger partial charge >= 0.3 is 5.97 Å². The zero-order chi connectivity index (χ0) is 25.9. The summed E-state index contributed by atoms with van der Waals surface area (Å²) in [5.74, 6) is -0.147. The predicted molar refractivity (Wildman–Crippen MR) is 146 cm³/mol. The van der Waals surface area contributed by atoms with E-state index in [4.69, 9.17) is 28.2 Å². The van der Waals surface area contributed by atoms with Crippen LogP contribution in [0.2, 0.25) is 10.0 Å². The van der Waals surface area contributed by atoms with Gasteiger partial charge in [0.1, 0.15) is 11.9 Å². The second-order valence-electron chi connectivity index (χ2n) is 9.65. The van der Waals surface area contributed by atoms with Gasteiger partial charge in [-0.15, -0.1) is 0 Å². The summed E-state index contributed by atoms with van der Waals surface area (Å²) in [4.78, 5) is 31.6. The Morgan fingerprint density at radius 3 is 2.51 bits per heavy atom. The third kappa shape index (κ3) is 5.84. The van der Waals surface area contributed by atoms with Gasteiger partial charge in [-0.25, -0.2) is 9.78 Å². The molecule has 3 heterocycles. The lowest BCUT2D eigenvalue weighted by atomic mass is 9.93. The molecule has 2 aliphatic rings. The van der Waals surface area contributed by atoms with Crippen molar-refractivity contribution in [2.75, 3.05) is 29.9 Å². The number of nitrogens with one attached hydrogen (secondary N) is 2. The Hall–Kier alpha value is -3.29. The molecular formula is C28H28Cl2N4O3. The lowest BCUT2D eigenvalue weighted by Crippen LogP contribution is -2.47. The van der Waals surface area contributed by atoms with Gasteiger partial charge in [0.25, 0.3) is 5.91 Å². The van der Waals surface area contributed by atoms with Crippen molar-refractivity contribution >= 4 is 46.6 Å². The molecule has 3 N–H and O–H groups in total. The summed E-state index contributed by atoms with van der Waals surface area (Å²) in [5, 5.41) is 16.0. The number of hydrogen-bond acceptors (Lipinski definition) is 5. The van der Waals surface area contributed by atoms with Gasteiger partial charge in [-0.1, -0.05) is 47.5 Å². The second kappa shape index (κ2) is 11.0. The number of aliphatic carboxylic acids is 1. The maximum atomic E-state index is 12.7. The van der Waals surface area contributed by atoms with Gasteiger partial charge in [-0.3, -0.25) is 4.79 Å². The molecule has 0 aliphatic carbocycles. The van der Waals surface area contributed by atoms with Crippen molar-refractivity contribution in [3.8, 4) is 0 Å². The number of amides is 1. The Kier molecular flexibility index (Phi) is 7.53. The minimum Gasteiger partial charge on any atom is -0.480 e. The molecule has 2 aliphatic heterocycles. The molecular weight excluding hydrogens is 511 g/mol. The average Bonchev–Trinajstić information content (AvgIpc) is 2.86. The molecule has 37 heavy (non-hydrogen) atoms. The van der Waals surface area contributed by atoms with Crippen LogP contribution in [-0.2, 0) is 24.1 Å². The SMILES string of the molecule is O=C(N[C@H](Cc1ccc(N2CC(Cc3ccc4c(n3)NCCC4)C2)cc1)C(=O)O)c1c(Cl)cccc1Cl. The molecule has 2 aromatic carbocycles. The first-order valence-electron chi connectivity index (χ1n) is 12.4. The van der Waals surface area contributed by atoms with E-state index in [9.17, 15) is 14.7 Å². The summed E-state index contributed by atoms with van der Waals surface area (Å²) in [6.07, 6.45) is 3.36. The van der Waals surface area contributed by atoms with Crippen LogP contribution in [0.25, 0.3) is 0 Å². The Balaban J connectivity index is 1.15. The van der Waals surface area contributed by atoms with Crippen LogP contribution in [-0.4, -0.2) is 47.6 Å². The molecule has 192 valence electrons. The zero-order valence-corrected chi connectivity index (χ0v) is 21.7. The number of carboxylic acids is 1. The Bertz CT molecular complexity index is 1290. The van der Waals surface area contributed by atoms with Crippen LogP contribution in [0.4, 0.5) is 11.5 Å². The fraction of sp³-hybridized carbons (Fsp3) is 0.321. The number of carboxylic acid groups (broad SMARTS) is 1. The highest BCUT2D eigenvalue weighted by Crippen LogP contribution is 2.29. The first-order valence-corrected chi connectivity index (χ1v) is 13.2. The van der Waals surface area contributed by atoms with Crippen molar-refractivity contribution in [3.05, 3.63) is 87.0 Å². The topological polar surface area (TPSA) is 94.6 Å². The molecule has 0 spiro atoms. The van der Waals surface area contributed by atoms with Crippen molar-refractivity contribution < 1.29 is 14.7 Å². The van der Waals surface area contributed by atoms with E-state index in [1.54, 1.807) is 6.07 Å². The first kappa shape index (κ1) is 25.4. The maximum Gasteiger partial charge on any atom is 0.326 e. The molecule has 0 unspecified atom stereocenters. The summed E-state index contributed by atoms with van der Waals surface area (Å²) in [6.45, 7) is 2.90. The summed E-state index contributed by atoms with van der Waals surface area (Å²) in [5.41, 5.74) is 4.42. The van der Waals surface area contributed by atoms with E-state index in [0.29, 0.717) is 5.92 Å². The predicted octanol–water partition coefficient (Wildman–Crippen LogP) is 4.85. The van der Waals surface area contributed by atoms with Crippen molar-refractivity contribution in [2.45, 2.75) is 31.7 Å². The number of halogens is 2. The van der Waals surface area contributed by atoms with Crippen LogP contribution < -0.4 is 15.5 Å². The van der Waals surface area contributed by atoms with E-state index >= 15 is 0 Å². The molecule has 0 bridgehead atoms. The van der Waals surface area contributed by atoms with Gasteiger partial charge in [0.15, 0.2) is 0 Å². The molecule has 3 aromatic rings. The minimum absolute atomic E-state index is 0.0709. The van der Waals surface area contributed by atoms with E-state index in [-0.39, 0.29) is 22.0 Å². The largest absolute Gasteiger partial charge is 0.480 e. The van der Waals surface area contributed by atoms with Crippen molar-refractivity contribution in [1.29, 1.82) is 0 Å². The normalized spacial score (nSPS) is 15.8. The van der Waals surface area contributed by atoms with Crippen LogP contribution in [0, 0.1) is 5.92 Å². The van der Waals surface area contributed by atoms with Gasteiger partial charge < -0.3 is 20.6 Å². The highest BCUT2D eigenvalue weighted by Gasteiger charge is 2.28. The molecule has 1 saturated heterocycles. The van der Waals surface area contributed by atoms with Gasteiger partial charge in [-0.05, 0) is 66.6 Å². The third-order valence-electron chi connectivity index (χ3n) is 6.94. The van der Waals surface area contributed by atoms with E-state index in [0.717, 1.165) is 61.7 Å². The molecule has 0 saturated carbocycles. The van der Waals surface area contributed by atoms with Crippen LogP contribution in [0.5, 0.6) is 0 Å². The van der Waals surface area contributed by atoms with Gasteiger partial charge in [0.2, 0.25) is 0 Å². The number of hydrogen-bond donors (Lipinski definition) is 3. The molecule has 1 aromatic heterocycles. The molecule has 0 radical (unpaired) electrons. The first-order chi connectivity index (χ1) is 17.9. The molecule has 1 fully saturated rings. The third-order valence-corrected chi connectivity index (χ3v) is 7.57. The number of carbonyl (C=O) groups is 2. The van der Waals surface area contributed by atoms with Crippen LogP contribution in [0.15, 0.2) is 54.6 Å². The van der Waals surface area contributed by atoms with Crippen LogP contribution in [0.3, 0.4) is 0 Å². The number of carbonyl (C=O) groups excluding carboxylic acids is 1. The van der Waals surface area contributed by atoms with Gasteiger partial charge in [0.05, 0.1) is 15.6 Å². The zero-order valence-electron chi connectivity index (χ0n) is 20.2. The number of pyridine rings is 1. The van der Waals surface area contributed by atoms with Crippen molar-refractivity contribution in [2.24, 2.45) is 5.92 Å². The highest BCUT2D eigenvalue weighted by atomic mass is 35.5. The Morgan fingerprint density at radius 1 is 1.08 bits per heavy atom. The van der Waals surface area contributed by atoms with Gasteiger partial charge in [0, 0.05) is 37.4 Å². The number of aryl methyl sites for hydroxylation is 1. The summed E-state index contributed by atoms with van der Waals surface area (Å²) in [7, 11) is 0. The molecule has 5 rings (SSSR count). The maximum absolute atomic E-state index is 12.7. The average molecular weight is 539 g/mol. The highest BCUT2D eigenvalue weighted by molar-refractivity contribution is 6.39. The second-order valence-corrected chi connectivity index (χ2v) is 10.5. The molecule has 7 nitrogen and oxygen atoms in total. The summed E-state index contributed by atoms with van der Waals surface area (Å²) in [6, 6.07) is 15.8. The van der Waals surface area contributed by atoms with E-state index in [1.165, 1.54) is 17.7 Å². The number of benzene rings is 2. The Morgan fingerprint density at radius 2 is 1.81 bits per heavy atom. The number of nitrogens with zero attached hydrogens (tertiary/aromatic N) is 2. The van der Waals surface area contributed by atoms with Crippen molar-refractivity contribution in [3.63, 3.8) is 0 Å². The van der Waals surface area contributed by atoms with Crippen LogP contribution >= 0.6 is 23.2 Å². The smallest absolute Gasteiger partial charge is 0.326 e. The van der Waals surface area contributed by atoms with E-state index < -0.39 is 17.9 Å². The number of fused-ring (bicyclic) bond motifs is 1.